The Morgan fingerprint density at radius 1 is 1.38 bits per heavy atom. The summed E-state index contributed by atoms with van der Waals surface area (Å²) in [5, 5.41) is 3.99. The highest BCUT2D eigenvalue weighted by atomic mass is 19.4. The molecular weight excluding hydrogens is 283 g/mol. The predicted octanol–water partition coefficient (Wildman–Crippen LogP) is 3.13. The van der Waals surface area contributed by atoms with Gasteiger partial charge >= 0.3 is 6.18 Å². The lowest BCUT2D eigenvalue weighted by molar-refractivity contribution is -0.137. The van der Waals surface area contributed by atoms with Crippen LogP contribution in [0, 0.1) is 0 Å². The Labute approximate surface area is 119 Å². The fraction of sp³-hybridized carbons (Fsp3) is 0.286. The van der Waals surface area contributed by atoms with E-state index in [1.807, 2.05) is 6.92 Å². The zero-order chi connectivity index (χ0) is 15.6. The van der Waals surface area contributed by atoms with Crippen molar-refractivity contribution in [2.75, 3.05) is 5.73 Å². The van der Waals surface area contributed by atoms with Crippen LogP contribution in [0.25, 0.3) is 0 Å². The molecule has 0 bridgehead atoms. The number of nitrogens with two attached hydrogens (primary N) is 1. The van der Waals surface area contributed by atoms with Crippen molar-refractivity contribution >= 4 is 11.5 Å². The van der Waals surface area contributed by atoms with Gasteiger partial charge in [0.2, 0.25) is 0 Å². The maximum atomic E-state index is 12.7. The summed E-state index contributed by atoms with van der Waals surface area (Å²) in [7, 11) is 0. The number of aryl methyl sites for hydroxylation is 1. The normalized spacial score (nSPS) is 11.6. The van der Waals surface area contributed by atoms with Gasteiger partial charge in [-0.15, -0.1) is 0 Å². The van der Waals surface area contributed by atoms with Gasteiger partial charge in [0.15, 0.2) is 5.78 Å². The van der Waals surface area contributed by atoms with Crippen molar-refractivity contribution in [3.05, 3.63) is 47.3 Å². The Hall–Kier alpha value is -2.31. The molecule has 0 unspecified atom stereocenters. The molecule has 1 aromatic carbocycles. The number of anilines is 1. The third-order valence-electron chi connectivity index (χ3n) is 2.97. The Morgan fingerprint density at radius 3 is 2.71 bits per heavy atom. The Morgan fingerprint density at radius 2 is 2.10 bits per heavy atom. The lowest BCUT2D eigenvalue weighted by Gasteiger charge is -2.10. The summed E-state index contributed by atoms with van der Waals surface area (Å²) in [6, 6.07) is 2.72. The number of nitrogen functional groups attached to an aromatic ring is 1. The maximum absolute atomic E-state index is 12.7. The summed E-state index contributed by atoms with van der Waals surface area (Å²) >= 11 is 0. The van der Waals surface area contributed by atoms with Crippen LogP contribution in [0.3, 0.4) is 0 Å². The van der Waals surface area contributed by atoms with E-state index in [4.69, 9.17) is 5.73 Å². The highest BCUT2D eigenvalue weighted by Crippen LogP contribution is 2.31. The number of hydrogen-bond donors (Lipinski definition) is 1. The number of carbonyl (C=O) groups is 1. The van der Waals surface area contributed by atoms with Crippen molar-refractivity contribution < 1.29 is 18.0 Å². The number of carbonyl (C=O) groups excluding carboxylic acids is 1. The molecule has 0 aliphatic rings. The van der Waals surface area contributed by atoms with E-state index < -0.39 is 17.5 Å². The van der Waals surface area contributed by atoms with Gasteiger partial charge in [-0.25, -0.2) is 0 Å². The monoisotopic (exact) mass is 297 g/mol. The highest BCUT2D eigenvalue weighted by molar-refractivity contribution is 6.11. The molecule has 4 nitrogen and oxygen atoms in total. The average Bonchev–Trinajstić information content (AvgIpc) is 2.86. The van der Waals surface area contributed by atoms with Crippen molar-refractivity contribution in [1.82, 2.24) is 9.78 Å². The van der Waals surface area contributed by atoms with E-state index in [0.717, 1.165) is 24.6 Å². The fourth-order valence-electron chi connectivity index (χ4n) is 1.92. The van der Waals surface area contributed by atoms with E-state index in [9.17, 15) is 18.0 Å². The van der Waals surface area contributed by atoms with E-state index in [1.165, 1.54) is 12.4 Å². The van der Waals surface area contributed by atoms with Crippen molar-refractivity contribution in [2.45, 2.75) is 26.1 Å². The lowest BCUT2D eigenvalue weighted by Crippen LogP contribution is -2.10. The Balaban J connectivity index is 2.37. The van der Waals surface area contributed by atoms with Crippen LogP contribution in [0.5, 0.6) is 0 Å². The Kier molecular flexibility index (Phi) is 4.02. The molecule has 0 atom stereocenters. The zero-order valence-electron chi connectivity index (χ0n) is 11.3. The first kappa shape index (κ1) is 15.1. The quantitative estimate of drug-likeness (QED) is 0.696. The van der Waals surface area contributed by atoms with Crippen LogP contribution in [0.2, 0.25) is 0 Å². The first-order chi connectivity index (χ1) is 9.82. The van der Waals surface area contributed by atoms with E-state index in [0.29, 0.717) is 6.54 Å². The Bertz CT molecular complexity index is 662. The molecule has 0 radical (unpaired) electrons. The van der Waals surface area contributed by atoms with Gasteiger partial charge in [0.1, 0.15) is 0 Å². The smallest absolute Gasteiger partial charge is 0.398 e. The van der Waals surface area contributed by atoms with E-state index in [2.05, 4.69) is 5.10 Å². The fourth-order valence-corrected chi connectivity index (χ4v) is 1.92. The minimum Gasteiger partial charge on any atom is -0.398 e. The summed E-state index contributed by atoms with van der Waals surface area (Å²) in [6.07, 6.45) is -0.848. The molecule has 1 aromatic heterocycles. The summed E-state index contributed by atoms with van der Waals surface area (Å²) in [6.45, 7) is 2.58. The van der Waals surface area contributed by atoms with Gasteiger partial charge in [-0.1, -0.05) is 6.92 Å². The van der Waals surface area contributed by atoms with Crippen molar-refractivity contribution in [2.24, 2.45) is 0 Å². The van der Waals surface area contributed by atoms with Crippen LogP contribution in [0.15, 0.2) is 30.6 Å². The molecule has 2 N–H and O–H groups in total. The number of aromatic nitrogens is 2. The molecule has 0 saturated carbocycles. The van der Waals surface area contributed by atoms with Crippen molar-refractivity contribution in [1.29, 1.82) is 0 Å². The average molecular weight is 297 g/mol. The molecule has 2 rings (SSSR count). The molecule has 0 aliphatic heterocycles. The van der Waals surface area contributed by atoms with Crippen LogP contribution in [-0.4, -0.2) is 15.6 Å². The van der Waals surface area contributed by atoms with E-state index in [1.54, 1.807) is 4.68 Å². The van der Waals surface area contributed by atoms with Crippen LogP contribution < -0.4 is 5.73 Å². The van der Waals surface area contributed by atoms with Crippen LogP contribution in [-0.2, 0) is 12.7 Å². The topological polar surface area (TPSA) is 60.9 Å². The lowest BCUT2D eigenvalue weighted by atomic mass is 10.0. The largest absolute Gasteiger partial charge is 0.416 e. The molecule has 0 fully saturated rings. The SMILES string of the molecule is CCCn1cc(C(=O)c2cc(C(F)(F)F)ccc2N)cn1. The molecule has 2 aromatic rings. The molecule has 112 valence electrons. The maximum Gasteiger partial charge on any atom is 0.416 e. The third-order valence-corrected chi connectivity index (χ3v) is 2.97. The minimum atomic E-state index is -4.52. The predicted molar refractivity (Wildman–Crippen MR) is 71.8 cm³/mol. The number of ketones is 1. The number of halogens is 3. The summed E-state index contributed by atoms with van der Waals surface area (Å²) in [5.74, 6) is -0.569. The summed E-state index contributed by atoms with van der Waals surface area (Å²) in [5.41, 5.74) is 4.78. The zero-order valence-corrected chi connectivity index (χ0v) is 11.3. The first-order valence-corrected chi connectivity index (χ1v) is 6.36. The number of benzene rings is 1. The van der Waals surface area contributed by atoms with Crippen molar-refractivity contribution in [3.8, 4) is 0 Å². The number of rotatable bonds is 4. The van der Waals surface area contributed by atoms with Gasteiger partial charge in [-0.3, -0.25) is 9.48 Å². The molecule has 0 amide bonds. The standard InChI is InChI=1S/C14H14F3N3O/c1-2-5-20-8-9(7-19-20)13(21)11-6-10(14(15,16)17)3-4-12(11)18/h3-4,6-8H,2,5,18H2,1H3. The van der Waals surface area contributed by atoms with Crippen molar-refractivity contribution in [3.63, 3.8) is 0 Å². The first-order valence-electron chi connectivity index (χ1n) is 6.36. The van der Waals surface area contributed by atoms with Gasteiger partial charge in [0.25, 0.3) is 0 Å². The van der Waals surface area contributed by atoms with Crippen LogP contribution >= 0.6 is 0 Å². The third kappa shape index (κ3) is 3.24. The molecule has 0 aliphatic carbocycles. The molecule has 21 heavy (non-hydrogen) atoms. The number of nitrogens with zero attached hydrogens (tertiary/aromatic N) is 2. The van der Waals surface area contributed by atoms with Gasteiger partial charge < -0.3 is 5.73 Å². The molecule has 0 saturated heterocycles. The second-order valence-corrected chi connectivity index (χ2v) is 4.62. The molecule has 7 heteroatoms. The number of alkyl halides is 3. The van der Waals surface area contributed by atoms with Gasteiger partial charge in [0, 0.05) is 24.0 Å². The van der Waals surface area contributed by atoms with Crippen LogP contribution in [0.1, 0.15) is 34.8 Å². The second kappa shape index (κ2) is 5.59. The summed E-state index contributed by atoms with van der Waals surface area (Å²) < 4.78 is 39.7. The van der Waals surface area contributed by atoms with Gasteiger partial charge in [-0.2, -0.15) is 18.3 Å². The molecule has 1 heterocycles. The van der Waals surface area contributed by atoms with Gasteiger partial charge in [-0.05, 0) is 24.6 Å². The second-order valence-electron chi connectivity index (χ2n) is 4.62. The highest BCUT2D eigenvalue weighted by Gasteiger charge is 2.31. The van der Waals surface area contributed by atoms with E-state index in [-0.39, 0.29) is 16.8 Å². The number of hydrogen-bond acceptors (Lipinski definition) is 3. The summed E-state index contributed by atoms with van der Waals surface area (Å²) in [4.78, 5) is 12.3. The van der Waals surface area contributed by atoms with E-state index >= 15 is 0 Å². The van der Waals surface area contributed by atoms with Gasteiger partial charge in [0.05, 0.1) is 17.3 Å². The molecular formula is C14H14F3N3O. The van der Waals surface area contributed by atoms with Crippen LogP contribution in [0.4, 0.5) is 18.9 Å². The minimum absolute atomic E-state index is 0.0104. The molecule has 0 spiro atoms.